The van der Waals surface area contributed by atoms with Gasteiger partial charge in [0.25, 0.3) is 0 Å². The van der Waals surface area contributed by atoms with Gasteiger partial charge in [-0.25, -0.2) is 0 Å². The van der Waals surface area contributed by atoms with Gasteiger partial charge in [-0.3, -0.25) is 4.79 Å². The average Bonchev–Trinajstić information content (AvgIpc) is 2.31. The van der Waals surface area contributed by atoms with E-state index in [1.807, 2.05) is 12.1 Å². The summed E-state index contributed by atoms with van der Waals surface area (Å²) in [7, 11) is 1.59. The standard InChI is InChI=1S/C12H15BrN2O2/c1-17-7-6-15-12(16)5-3-9-2-4-10(13)11(14)8-9/h2-5,8H,6-7,14H2,1H3,(H,15,16)/b5-3+. The number of nitrogen functional groups attached to an aromatic ring is 1. The van der Waals surface area contributed by atoms with E-state index in [0.29, 0.717) is 18.8 Å². The Labute approximate surface area is 109 Å². The predicted molar refractivity (Wildman–Crippen MR) is 72.5 cm³/mol. The molecule has 0 bridgehead atoms. The fourth-order valence-corrected chi connectivity index (χ4v) is 1.42. The number of ether oxygens (including phenoxy) is 1. The third-order valence-corrected chi connectivity index (χ3v) is 2.77. The first-order valence-corrected chi connectivity index (χ1v) is 5.92. The van der Waals surface area contributed by atoms with Crippen LogP contribution in [0.3, 0.4) is 0 Å². The number of methoxy groups -OCH3 is 1. The van der Waals surface area contributed by atoms with Crippen molar-refractivity contribution in [2.24, 2.45) is 0 Å². The molecule has 1 aromatic rings. The molecule has 0 unspecified atom stereocenters. The van der Waals surface area contributed by atoms with Gasteiger partial charge in [0.2, 0.25) is 5.91 Å². The van der Waals surface area contributed by atoms with Crippen LogP contribution in [0.25, 0.3) is 6.08 Å². The van der Waals surface area contributed by atoms with Crippen molar-refractivity contribution in [3.05, 3.63) is 34.3 Å². The number of carbonyl (C=O) groups excluding carboxylic acids is 1. The van der Waals surface area contributed by atoms with Crippen molar-refractivity contribution in [3.63, 3.8) is 0 Å². The first-order valence-electron chi connectivity index (χ1n) is 5.13. The summed E-state index contributed by atoms with van der Waals surface area (Å²) >= 11 is 3.31. The number of anilines is 1. The van der Waals surface area contributed by atoms with E-state index in [0.717, 1.165) is 10.0 Å². The minimum absolute atomic E-state index is 0.149. The minimum Gasteiger partial charge on any atom is -0.398 e. The maximum atomic E-state index is 11.3. The number of hydrogen-bond donors (Lipinski definition) is 2. The van der Waals surface area contributed by atoms with Crippen molar-refractivity contribution in [1.82, 2.24) is 5.32 Å². The molecule has 17 heavy (non-hydrogen) atoms. The Balaban J connectivity index is 2.52. The van der Waals surface area contributed by atoms with Crippen LogP contribution in [0.2, 0.25) is 0 Å². The molecule has 0 aliphatic rings. The number of halogens is 1. The van der Waals surface area contributed by atoms with Crippen molar-refractivity contribution in [2.75, 3.05) is 26.0 Å². The number of amides is 1. The summed E-state index contributed by atoms with van der Waals surface area (Å²) in [5.41, 5.74) is 7.25. The second-order valence-corrected chi connectivity index (χ2v) is 4.25. The Morgan fingerprint density at radius 3 is 3.00 bits per heavy atom. The van der Waals surface area contributed by atoms with Gasteiger partial charge in [-0.05, 0) is 39.7 Å². The van der Waals surface area contributed by atoms with Gasteiger partial charge in [-0.1, -0.05) is 6.07 Å². The van der Waals surface area contributed by atoms with E-state index >= 15 is 0 Å². The highest BCUT2D eigenvalue weighted by Crippen LogP contribution is 2.20. The Kier molecular flexibility index (Phi) is 5.72. The van der Waals surface area contributed by atoms with Gasteiger partial charge in [0.1, 0.15) is 0 Å². The summed E-state index contributed by atoms with van der Waals surface area (Å²) < 4.78 is 5.67. The third-order valence-electron chi connectivity index (χ3n) is 2.05. The Bertz CT molecular complexity index is 419. The number of nitrogens with one attached hydrogen (secondary N) is 1. The number of nitrogens with two attached hydrogens (primary N) is 1. The van der Waals surface area contributed by atoms with Crippen molar-refractivity contribution in [1.29, 1.82) is 0 Å². The molecule has 0 aliphatic carbocycles. The van der Waals surface area contributed by atoms with Gasteiger partial charge < -0.3 is 15.8 Å². The Hall–Kier alpha value is -1.33. The predicted octanol–water partition coefficient (Wildman–Crippen LogP) is 1.81. The molecule has 0 radical (unpaired) electrons. The molecule has 0 spiro atoms. The lowest BCUT2D eigenvalue weighted by molar-refractivity contribution is -0.116. The van der Waals surface area contributed by atoms with Crippen LogP contribution < -0.4 is 11.1 Å². The SMILES string of the molecule is COCCNC(=O)/C=C/c1ccc(Br)c(N)c1. The highest BCUT2D eigenvalue weighted by Gasteiger charge is 1.97. The van der Waals surface area contributed by atoms with Crippen LogP contribution in [0, 0.1) is 0 Å². The van der Waals surface area contributed by atoms with Gasteiger partial charge in [-0.2, -0.15) is 0 Å². The highest BCUT2D eigenvalue weighted by molar-refractivity contribution is 9.10. The van der Waals surface area contributed by atoms with Crippen LogP contribution in [0.1, 0.15) is 5.56 Å². The molecule has 3 N–H and O–H groups in total. The Morgan fingerprint density at radius 2 is 2.35 bits per heavy atom. The normalized spacial score (nSPS) is 10.7. The number of benzene rings is 1. The zero-order valence-electron chi connectivity index (χ0n) is 9.57. The van der Waals surface area contributed by atoms with Gasteiger partial charge in [0, 0.05) is 29.9 Å². The molecule has 5 heteroatoms. The average molecular weight is 299 g/mol. The van der Waals surface area contributed by atoms with E-state index in [1.54, 1.807) is 19.3 Å². The van der Waals surface area contributed by atoms with Gasteiger partial charge in [0.15, 0.2) is 0 Å². The van der Waals surface area contributed by atoms with Crippen molar-refractivity contribution >= 4 is 33.6 Å². The maximum Gasteiger partial charge on any atom is 0.244 e. The molecule has 0 fully saturated rings. The quantitative estimate of drug-likeness (QED) is 0.495. The van der Waals surface area contributed by atoms with E-state index in [4.69, 9.17) is 10.5 Å². The molecule has 0 heterocycles. The van der Waals surface area contributed by atoms with Crippen LogP contribution in [-0.2, 0) is 9.53 Å². The highest BCUT2D eigenvalue weighted by atomic mass is 79.9. The van der Waals surface area contributed by atoms with Crippen molar-refractivity contribution < 1.29 is 9.53 Å². The van der Waals surface area contributed by atoms with Gasteiger partial charge >= 0.3 is 0 Å². The molecule has 1 rings (SSSR count). The third kappa shape index (κ3) is 5.01. The zero-order chi connectivity index (χ0) is 12.7. The van der Waals surface area contributed by atoms with E-state index in [2.05, 4.69) is 21.2 Å². The molecule has 0 atom stereocenters. The number of carbonyl (C=O) groups is 1. The second kappa shape index (κ2) is 7.09. The lowest BCUT2D eigenvalue weighted by Gasteiger charge is -2.01. The van der Waals surface area contributed by atoms with Crippen LogP contribution in [0.4, 0.5) is 5.69 Å². The molecule has 0 saturated carbocycles. The molecule has 4 nitrogen and oxygen atoms in total. The molecular formula is C12H15BrN2O2. The number of hydrogen-bond acceptors (Lipinski definition) is 3. The van der Waals surface area contributed by atoms with Crippen LogP contribution in [-0.4, -0.2) is 26.2 Å². The molecular weight excluding hydrogens is 284 g/mol. The summed E-state index contributed by atoms with van der Waals surface area (Å²) in [6, 6.07) is 5.51. The van der Waals surface area contributed by atoms with E-state index in [-0.39, 0.29) is 5.91 Å². The molecule has 92 valence electrons. The summed E-state index contributed by atoms with van der Waals surface area (Å²) in [5.74, 6) is -0.149. The maximum absolute atomic E-state index is 11.3. The Morgan fingerprint density at radius 1 is 1.59 bits per heavy atom. The smallest absolute Gasteiger partial charge is 0.244 e. The second-order valence-electron chi connectivity index (χ2n) is 3.40. The molecule has 0 aromatic heterocycles. The van der Waals surface area contributed by atoms with Crippen LogP contribution >= 0.6 is 15.9 Å². The molecule has 1 aromatic carbocycles. The summed E-state index contributed by atoms with van der Waals surface area (Å²) in [5, 5.41) is 2.69. The monoisotopic (exact) mass is 298 g/mol. The topological polar surface area (TPSA) is 64.3 Å². The van der Waals surface area contributed by atoms with E-state index < -0.39 is 0 Å². The molecule has 0 saturated heterocycles. The minimum atomic E-state index is -0.149. The van der Waals surface area contributed by atoms with Crippen LogP contribution in [0.15, 0.2) is 28.7 Å². The molecule has 1 amide bonds. The van der Waals surface area contributed by atoms with Crippen LogP contribution in [0.5, 0.6) is 0 Å². The van der Waals surface area contributed by atoms with Crippen molar-refractivity contribution in [3.8, 4) is 0 Å². The fourth-order valence-electron chi connectivity index (χ4n) is 1.17. The largest absolute Gasteiger partial charge is 0.398 e. The zero-order valence-corrected chi connectivity index (χ0v) is 11.2. The van der Waals surface area contributed by atoms with Gasteiger partial charge in [-0.15, -0.1) is 0 Å². The summed E-state index contributed by atoms with van der Waals surface area (Å²) in [6.07, 6.45) is 3.18. The van der Waals surface area contributed by atoms with E-state index in [1.165, 1.54) is 6.08 Å². The summed E-state index contributed by atoms with van der Waals surface area (Å²) in [6.45, 7) is 1.01. The lowest BCUT2D eigenvalue weighted by Crippen LogP contribution is -2.24. The van der Waals surface area contributed by atoms with Crippen molar-refractivity contribution in [2.45, 2.75) is 0 Å². The van der Waals surface area contributed by atoms with E-state index in [9.17, 15) is 4.79 Å². The lowest BCUT2D eigenvalue weighted by atomic mass is 10.2. The number of rotatable bonds is 5. The van der Waals surface area contributed by atoms with Gasteiger partial charge in [0.05, 0.1) is 6.61 Å². The summed E-state index contributed by atoms with van der Waals surface area (Å²) in [4.78, 5) is 11.3. The fraction of sp³-hybridized carbons (Fsp3) is 0.250. The first kappa shape index (κ1) is 13.7. The molecule has 0 aliphatic heterocycles. The first-order chi connectivity index (χ1) is 8.13.